The van der Waals surface area contributed by atoms with Crippen molar-refractivity contribution in [3.8, 4) is 0 Å². The Bertz CT molecular complexity index is 529. The average Bonchev–Trinajstić information content (AvgIpc) is 3.18. The van der Waals surface area contributed by atoms with Gasteiger partial charge in [-0.05, 0) is 19.8 Å². The topological polar surface area (TPSA) is 59.0 Å². The van der Waals surface area contributed by atoms with E-state index in [1.807, 2.05) is 19.3 Å². The first-order chi connectivity index (χ1) is 15.2. The van der Waals surface area contributed by atoms with Gasteiger partial charge in [0.2, 0.25) is 0 Å². The molecule has 0 saturated carbocycles. The standard InChI is InChI=1S/C26H50N4O/c1-3-4-5-6-7-8-9-10-11-12-13-14-15-16-17-18-20-28-26(31)29-21-19-23-30-24-22-27-25(30)2/h22,24H,3-21,23H2,1-2H3,(H2,28,29,31). The fourth-order valence-electron chi connectivity index (χ4n) is 4.03. The van der Waals surface area contributed by atoms with Gasteiger partial charge in [0.1, 0.15) is 5.82 Å². The third-order valence-electron chi connectivity index (χ3n) is 6.10. The molecule has 2 N–H and O–H groups in total. The molecule has 0 atom stereocenters. The largest absolute Gasteiger partial charge is 0.338 e. The molecule has 0 aliphatic carbocycles. The number of rotatable bonds is 21. The van der Waals surface area contributed by atoms with Gasteiger partial charge in [0.15, 0.2) is 0 Å². The maximum Gasteiger partial charge on any atom is 0.314 e. The van der Waals surface area contributed by atoms with E-state index in [1.54, 1.807) is 0 Å². The first-order valence-electron chi connectivity index (χ1n) is 13.2. The Morgan fingerprint density at radius 1 is 0.742 bits per heavy atom. The number of carbonyl (C=O) groups is 1. The van der Waals surface area contributed by atoms with E-state index < -0.39 is 0 Å². The normalized spacial score (nSPS) is 11.0. The van der Waals surface area contributed by atoms with Crippen molar-refractivity contribution >= 4 is 6.03 Å². The summed E-state index contributed by atoms with van der Waals surface area (Å²) in [5, 5.41) is 5.90. The number of aryl methyl sites for hydroxylation is 2. The van der Waals surface area contributed by atoms with Gasteiger partial charge in [-0.2, -0.15) is 0 Å². The van der Waals surface area contributed by atoms with Crippen LogP contribution in [0.1, 0.15) is 122 Å². The summed E-state index contributed by atoms with van der Waals surface area (Å²) in [7, 11) is 0. The summed E-state index contributed by atoms with van der Waals surface area (Å²) in [6.07, 6.45) is 26.7. The van der Waals surface area contributed by atoms with E-state index in [-0.39, 0.29) is 6.03 Å². The molecule has 5 nitrogen and oxygen atoms in total. The van der Waals surface area contributed by atoms with E-state index in [1.165, 1.54) is 96.3 Å². The highest BCUT2D eigenvalue weighted by atomic mass is 16.2. The maximum atomic E-state index is 11.8. The highest BCUT2D eigenvalue weighted by Crippen LogP contribution is 2.13. The zero-order chi connectivity index (χ0) is 22.4. The van der Waals surface area contributed by atoms with Gasteiger partial charge in [-0.25, -0.2) is 9.78 Å². The minimum absolute atomic E-state index is 0.0386. The summed E-state index contributed by atoms with van der Waals surface area (Å²) in [5.41, 5.74) is 0. The molecule has 1 rings (SSSR count). The molecule has 1 heterocycles. The maximum absolute atomic E-state index is 11.8. The number of hydrogen-bond acceptors (Lipinski definition) is 2. The van der Waals surface area contributed by atoms with Crippen LogP contribution in [-0.4, -0.2) is 28.7 Å². The fraction of sp³-hybridized carbons (Fsp3) is 0.846. The Morgan fingerprint density at radius 2 is 1.19 bits per heavy atom. The van der Waals surface area contributed by atoms with Crippen molar-refractivity contribution < 1.29 is 4.79 Å². The van der Waals surface area contributed by atoms with Crippen molar-refractivity contribution in [1.29, 1.82) is 0 Å². The minimum Gasteiger partial charge on any atom is -0.338 e. The average molecular weight is 435 g/mol. The van der Waals surface area contributed by atoms with Crippen LogP contribution in [0.2, 0.25) is 0 Å². The van der Waals surface area contributed by atoms with E-state index in [4.69, 9.17) is 0 Å². The van der Waals surface area contributed by atoms with Crippen LogP contribution in [-0.2, 0) is 6.54 Å². The third kappa shape index (κ3) is 16.8. The molecule has 0 spiro atoms. The number of urea groups is 1. The monoisotopic (exact) mass is 434 g/mol. The Kier molecular flexibility index (Phi) is 18.1. The van der Waals surface area contributed by atoms with Crippen LogP contribution in [0.15, 0.2) is 12.4 Å². The Labute approximate surface area is 192 Å². The van der Waals surface area contributed by atoms with Crippen LogP contribution in [0.3, 0.4) is 0 Å². The van der Waals surface area contributed by atoms with Crippen molar-refractivity contribution in [1.82, 2.24) is 20.2 Å². The number of amides is 2. The minimum atomic E-state index is -0.0386. The lowest BCUT2D eigenvalue weighted by Crippen LogP contribution is -2.36. The predicted molar refractivity (Wildman–Crippen MR) is 133 cm³/mol. The first kappa shape index (κ1) is 27.5. The van der Waals surface area contributed by atoms with Crippen LogP contribution in [0.5, 0.6) is 0 Å². The van der Waals surface area contributed by atoms with Gasteiger partial charge in [-0.3, -0.25) is 0 Å². The Hall–Kier alpha value is -1.52. The van der Waals surface area contributed by atoms with Gasteiger partial charge in [0.25, 0.3) is 0 Å². The summed E-state index contributed by atoms with van der Waals surface area (Å²) in [4.78, 5) is 16.0. The fourth-order valence-corrected chi connectivity index (χ4v) is 4.03. The zero-order valence-corrected chi connectivity index (χ0v) is 20.6. The molecule has 0 saturated heterocycles. The molecular formula is C26H50N4O. The molecule has 0 bridgehead atoms. The van der Waals surface area contributed by atoms with Gasteiger partial charge in [-0.15, -0.1) is 0 Å². The Morgan fingerprint density at radius 3 is 1.65 bits per heavy atom. The van der Waals surface area contributed by atoms with Crippen molar-refractivity contribution in [3.05, 3.63) is 18.2 Å². The molecule has 0 aliphatic heterocycles. The smallest absolute Gasteiger partial charge is 0.314 e. The van der Waals surface area contributed by atoms with Gasteiger partial charge >= 0.3 is 6.03 Å². The molecule has 0 radical (unpaired) electrons. The number of carbonyl (C=O) groups excluding carboxylic acids is 1. The highest BCUT2D eigenvalue weighted by Gasteiger charge is 2.00. The van der Waals surface area contributed by atoms with E-state index in [0.717, 1.165) is 31.8 Å². The summed E-state index contributed by atoms with van der Waals surface area (Å²) in [6, 6.07) is -0.0386. The number of imidazole rings is 1. The van der Waals surface area contributed by atoms with E-state index >= 15 is 0 Å². The summed E-state index contributed by atoms with van der Waals surface area (Å²) in [6.45, 7) is 6.66. The van der Waals surface area contributed by atoms with E-state index in [0.29, 0.717) is 6.54 Å². The quantitative estimate of drug-likeness (QED) is 0.202. The summed E-state index contributed by atoms with van der Waals surface area (Å²) in [5.74, 6) is 1.02. The van der Waals surface area contributed by atoms with Crippen LogP contribution in [0.4, 0.5) is 4.79 Å². The number of nitrogens with zero attached hydrogens (tertiary/aromatic N) is 2. The van der Waals surface area contributed by atoms with E-state index in [2.05, 4.69) is 27.1 Å². The summed E-state index contributed by atoms with van der Waals surface area (Å²) >= 11 is 0. The third-order valence-corrected chi connectivity index (χ3v) is 6.10. The van der Waals surface area contributed by atoms with Crippen LogP contribution in [0.25, 0.3) is 0 Å². The van der Waals surface area contributed by atoms with Gasteiger partial charge in [0, 0.05) is 32.0 Å². The molecule has 2 amide bonds. The lowest BCUT2D eigenvalue weighted by molar-refractivity contribution is 0.240. The molecule has 1 aromatic rings. The lowest BCUT2D eigenvalue weighted by atomic mass is 10.0. The molecule has 180 valence electrons. The number of nitrogens with one attached hydrogen (secondary N) is 2. The molecule has 1 aromatic heterocycles. The van der Waals surface area contributed by atoms with Gasteiger partial charge in [-0.1, -0.05) is 103 Å². The highest BCUT2D eigenvalue weighted by molar-refractivity contribution is 5.73. The lowest BCUT2D eigenvalue weighted by Gasteiger charge is -2.08. The SMILES string of the molecule is CCCCCCCCCCCCCCCCCCNC(=O)NCCCn1ccnc1C. The second kappa shape index (κ2) is 20.4. The van der Waals surface area contributed by atoms with Crippen molar-refractivity contribution in [3.63, 3.8) is 0 Å². The van der Waals surface area contributed by atoms with Crippen molar-refractivity contribution in [2.24, 2.45) is 0 Å². The molecule has 31 heavy (non-hydrogen) atoms. The van der Waals surface area contributed by atoms with E-state index in [9.17, 15) is 4.79 Å². The number of aromatic nitrogens is 2. The molecule has 0 aromatic carbocycles. The molecule has 0 aliphatic rings. The van der Waals surface area contributed by atoms with Crippen LogP contribution < -0.4 is 10.6 Å². The van der Waals surface area contributed by atoms with Gasteiger partial charge in [0.05, 0.1) is 0 Å². The predicted octanol–water partition coefficient (Wildman–Crippen LogP) is 7.14. The molecular weight excluding hydrogens is 384 g/mol. The first-order valence-corrected chi connectivity index (χ1v) is 13.2. The molecule has 0 unspecified atom stereocenters. The number of hydrogen-bond donors (Lipinski definition) is 2. The second-order valence-corrected chi connectivity index (χ2v) is 9.01. The van der Waals surface area contributed by atoms with Crippen LogP contribution >= 0.6 is 0 Å². The van der Waals surface area contributed by atoms with Crippen molar-refractivity contribution in [2.75, 3.05) is 13.1 Å². The van der Waals surface area contributed by atoms with Gasteiger partial charge < -0.3 is 15.2 Å². The summed E-state index contributed by atoms with van der Waals surface area (Å²) < 4.78 is 2.11. The number of unbranched alkanes of at least 4 members (excludes halogenated alkanes) is 15. The Balaban J connectivity index is 1.73. The van der Waals surface area contributed by atoms with Crippen molar-refractivity contribution in [2.45, 2.75) is 130 Å². The molecule has 5 heteroatoms. The molecule has 0 fully saturated rings. The van der Waals surface area contributed by atoms with Crippen LogP contribution in [0, 0.1) is 6.92 Å². The second-order valence-electron chi connectivity index (χ2n) is 9.01. The zero-order valence-electron chi connectivity index (χ0n) is 20.6.